The highest BCUT2D eigenvalue weighted by Gasteiger charge is 2.42. The maximum Gasteiger partial charge on any atom is 0.227 e. The van der Waals surface area contributed by atoms with E-state index in [1.165, 1.54) is 0 Å². The largest absolute Gasteiger partial charge is 0.416 e. The molecule has 2 unspecified atom stereocenters. The van der Waals surface area contributed by atoms with Crippen molar-refractivity contribution in [3.8, 4) is 0 Å². The van der Waals surface area contributed by atoms with E-state index < -0.39 is 8.32 Å². The van der Waals surface area contributed by atoms with Gasteiger partial charge in [-0.1, -0.05) is 27.7 Å². The third-order valence-electron chi connectivity index (χ3n) is 4.02. The summed E-state index contributed by atoms with van der Waals surface area (Å²) in [5.74, 6) is 0.240. The first-order chi connectivity index (χ1) is 7.19. The molecule has 0 radical (unpaired) electrons. The van der Waals surface area contributed by atoms with Gasteiger partial charge in [0.1, 0.15) is 0 Å². The molecule has 1 heterocycles. The van der Waals surface area contributed by atoms with Crippen LogP contribution in [0, 0.1) is 5.92 Å². The average molecular weight is 243 g/mol. The van der Waals surface area contributed by atoms with E-state index in [1.54, 1.807) is 0 Å². The summed E-state index contributed by atoms with van der Waals surface area (Å²) >= 11 is 0. The van der Waals surface area contributed by atoms with Crippen molar-refractivity contribution in [2.75, 3.05) is 6.61 Å². The fraction of sp³-hybridized carbons (Fsp3) is 0.917. The summed E-state index contributed by atoms with van der Waals surface area (Å²) in [6.07, 6.45) is 0.997. The minimum Gasteiger partial charge on any atom is -0.416 e. The van der Waals surface area contributed by atoms with E-state index in [4.69, 9.17) is 4.43 Å². The Kier molecular flexibility index (Phi) is 3.85. The summed E-state index contributed by atoms with van der Waals surface area (Å²) in [5.41, 5.74) is 0. The Morgan fingerprint density at radius 1 is 1.38 bits per heavy atom. The minimum absolute atomic E-state index is 0.0825. The zero-order valence-corrected chi connectivity index (χ0v) is 12.4. The summed E-state index contributed by atoms with van der Waals surface area (Å²) in [7, 11) is -1.70. The maximum absolute atomic E-state index is 11.4. The highest BCUT2D eigenvalue weighted by Crippen LogP contribution is 2.37. The lowest BCUT2D eigenvalue weighted by atomic mass is 9.90. The molecular formula is C12H25NO2Si. The summed E-state index contributed by atoms with van der Waals surface area (Å²) in [4.78, 5) is 11.4. The second-order valence-electron chi connectivity index (χ2n) is 6.20. The number of β-lactam (4-membered cyclic amide) rings is 1. The zero-order valence-electron chi connectivity index (χ0n) is 11.4. The molecule has 1 rings (SSSR count). The first kappa shape index (κ1) is 13.7. The molecule has 0 bridgehead atoms. The maximum atomic E-state index is 11.4. The summed E-state index contributed by atoms with van der Waals surface area (Å²) in [6, 6.07) is 0.331. The molecule has 1 amide bonds. The van der Waals surface area contributed by atoms with E-state index >= 15 is 0 Å². The van der Waals surface area contributed by atoms with Gasteiger partial charge in [0.15, 0.2) is 8.32 Å². The van der Waals surface area contributed by atoms with E-state index in [2.05, 4.69) is 46.1 Å². The summed E-state index contributed by atoms with van der Waals surface area (Å²) in [5, 5.41) is 3.13. The van der Waals surface area contributed by atoms with Gasteiger partial charge < -0.3 is 9.74 Å². The van der Waals surface area contributed by atoms with Crippen molar-refractivity contribution < 1.29 is 9.22 Å². The standard InChI is InChI=1S/C12H25NO2Si/c1-7-10-9(11(14)13-10)8-15-16(5,6)12(2,3)4/h9-10H,7-8H2,1-6H3,(H,13,14). The Hall–Kier alpha value is -0.353. The van der Waals surface area contributed by atoms with Crippen LogP contribution in [0.25, 0.3) is 0 Å². The number of hydrogen-bond donors (Lipinski definition) is 1. The van der Waals surface area contributed by atoms with Crippen LogP contribution >= 0.6 is 0 Å². The molecule has 4 heteroatoms. The van der Waals surface area contributed by atoms with E-state index in [9.17, 15) is 4.79 Å². The van der Waals surface area contributed by atoms with E-state index in [1.807, 2.05) is 0 Å². The first-order valence-electron chi connectivity index (χ1n) is 6.13. The van der Waals surface area contributed by atoms with Crippen LogP contribution in [0.15, 0.2) is 0 Å². The summed E-state index contributed by atoms with van der Waals surface area (Å²) in [6.45, 7) is 13.8. The van der Waals surface area contributed by atoms with Crippen molar-refractivity contribution in [1.29, 1.82) is 0 Å². The molecule has 1 aliphatic rings. The second kappa shape index (κ2) is 4.49. The quantitative estimate of drug-likeness (QED) is 0.609. The van der Waals surface area contributed by atoms with Gasteiger partial charge in [-0.2, -0.15) is 0 Å². The van der Waals surface area contributed by atoms with Crippen molar-refractivity contribution in [3.63, 3.8) is 0 Å². The molecule has 0 aromatic heterocycles. The van der Waals surface area contributed by atoms with Crippen LogP contribution in [0.2, 0.25) is 18.1 Å². The zero-order chi connectivity index (χ0) is 12.6. The van der Waals surface area contributed by atoms with Gasteiger partial charge in [-0.25, -0.2) is 0 Å². The molecule has 3 nitrogen and oxygen atoms in total. The molecule has 1 fully saturated rings. The Balaban J connectivity index is 2.48. The van der Waals surface area contributed by atoms with Crippen LogP contribution in [-0.2, 0) is 9.22 Å². The number of amides is 1. The van der Waals surface area contributed by atoms with E-state index in [0.29, 0.717) is 12.6 Å². The molecule has 1 saturated heterocycles. The van der Waals surface area contributed by atoms with Crippen LogP contribution in [-0.4, -0.2) is 26.9 Å². The van der Waals surface area contributed by atoms with Gasteiger partial charge in [-0.3, -0.25) is 4.79 Å². The molecule has 1 N–H and O–H groups in total. The molecule has 0 saturated carbocycles. The molecular weight excluding hydrogens is 218 g/mol. The van der Waals surface area contributed by atoms with Crippen molar-refractivity contribution in [1.82, 2.24) is 5.32 Å². The van der Waals surface area contributed by atoms with Crippen LogP contribution in [0.3, 0.4) is 0 Å². The Morgan fingerprint density at radius 2 is 1.94 bits per heavy atom. The van der Waals surface area contributed by atoms with Crippen LogP contribution < -0.4 is 5.32 Å². The van der Waals surface area contributed by atoms with E-state index in [-0.39, 0.29) is 16.9 Å². The van der Waals surface area contributed by atoms with Crippen LogP contribution in [0.5, 0.6) is 0 Å². The lowest BCUT2D eigenvalue weighted by molar-refractivity contribution is -0.136. The number of carbonyl (C=O) groups excluding carboxylic acids is 1. The molecule has 0 aliphatic carbocycles. The normalized spacial score (nSPS) is 26.2. The second-order valence-corrected chi connectivity index (χ2v) is 11.0. The monoisotopic (exact) mass is 243 g/mol. The van der Waals surface area contributed by atoms with Crippen LogP contribution in [0.1, 0.15) is 34.1 Å². The minimum atomic E-state index is -1.70. The average Bonchev–Trinajstić information content (AvgIpc) is 2.11. The predicted molar refractivity (Wildman–Crippen MR) is 68.9 cm³/mol. The fourth-order valence-corrected chi connectivity index (χ4v) is 2.60. The summed E-state index contributed by atoms with van der Waals surface area (Å²) < 4.78 is 6.08. The molecule has 94 valence electrons. The SMILES string of the molecule is CCC1NC(=O)C1CO[Si](C)(C)C(C)(C)C. The van der Waals surface area contributed by atoms with Crippen molar-refractivity contribution in [2.45, 2.75) is 58.3 Å². The fourth-order valence-electron chi connectivity index (χ4n) is 1.57. The highest BCUT2D eigenvalue weighted by atomic mass is 28.4. The lowest BCUT2D eigenvalue weighted by Crippen LogP contribution is -2.60. The predicted octanol–water partition coefficient (Wildman–Crippen LogP) is 2.53. The molecule has 0 aromatic rings. The number of carbonyl (C=O) groups is 1. The Labute approximate surface area is 100 Å². The van der Waals surface area contributed by atoms with Gasteiger partial charge in [0, 0.05) is 12.6 Å². The van der Waals surface area contributed by atoms with Gasteiger partial charge in [-0.15, -0.1) is 0 Å². The van der Waals surface area contributed by atoms with Gasteiger partial charge in [-0.05, 0) is 24.6 Å². The first-order valence-corrected chi connectivity index (χ1v) is 9.04. The van der Waals surface area contributed by atoms with Crippen LogP contribution in [0.4, 0.5) is 0 Å². The molecule has 2 atom stereocenters. The van der Waals surface area contributed by atoms with Crippen molar-refractivity contribution in [3.05, 3.63) is 0 Å². The van der Waals surface area contributed by atoms with Gasteiger partial charge >= 0.3 is 0 Å². The Bertz CT molecular complexity index is 271. The lowest BCUT2D eigenvalue weighted by Gasteiger charge is -2.41. The smallest absolute Gasteiger partial charge is 0.227 e. The number of rotatable bonds is 4. The van der Waals surface area contributed by atoms with E-state index in [0.717, 1.165) is 6.42 Å². The number of hydrogen-bond acceptors (Lipinski definition) is 2. The third kappa shape index (κ3) is 2.66. The topological polar surface area (TPSA) is 38.3 Å². The third-order valence-corrected chi connectivity index (χ3v) is 8.52. The molecule has 1 aliphatic heterocycles. The van der Waals surface area contributed by atoms with Gasteiger partial charge in [0.2, 0.25) is 5.91 Å². The highest BCUT2D eigenvalue weighted by molar-refractivity contribution is 6.74. The van der Waals surface area contributed by atoms with Crippen molar-refractivity contribution in [2.24, 2.45) is 5.92 Å². The molecule has 0 aromatic carbocycles. The van der Waals surface area contributed by atoms with Gasteiger partial charge in [0.25, 0.3) is 0 Å². The van der Waals surface area contributed by atoms with Gasteiger partial charge in [0.05, 0.1) is 5.92 Å². The number of nitrogens with one attached hydrogen (secondary N) is 1. The Morgan fingerprint density at radius 3 is 2.31 bits per heavy atom. The van der Waals surface area contributed by atoms with Crippen molar-refractivity contribution >= 4 is 14.2 Å². The molecule has 0 spiro atoms. The molecule has 16 heavy (non-hydrogen) atoms.